The second kappa shape index (κ2) is 33.2. The van der Waals surface area contributed by atoms with Gasteiger partial charge in [-0.3, -0.25) is 0 Å². The second-order valence-electron chi connectivity index (χ2n) is 37.4. The van der Waals surface area contributed by atoms with E-state index in [9.17, 15) is 0 Å². The van der Waals surface area contributed by atoms with E-state index in [1.54, 1.807) is 0 Å². The van der Waals surface area contributed by atoms with Gasteiger partial charge in [0.2, 0.25) is 0 Å². The third-order valence-electron chi connectivity index (χ3n) is 29.3. The number of aromatic nitrogens is 8. The molecular weight excluding hydrogens is 1750 g/mol. The molecule has 0 fully saturated rings. The number of fused-ring (bicyclic) bond motifs is 25. The van der Waals surface area contributed by atoms with Gasteiger partial charge < -0.3 is 36.2 Å². The highest BCUT2D eigenvalue weighted by atomic mass is 16.3. The number of rotatable bonds is 11. The van der Waals surface area contributed by atoms with E-state index in [0.717, 1.165) is 111 Å². The standard InChI is InChI=1S/C50H32N4.2C42H26N2O/c1-4-14-33(15-5-1)49-43-32-38(26-27-44(43)51-50(52-49)34-16-6-2-7-17-34)54-46-23-13-11-21-40(46)42-31-36(25-29-48(42)54)35-24-28-47-41(30-35)39-20-10-12-22-45(39)53(47)37-18-8-3-9-19-37;1-2-11-29(12-3-1)43-36-17-7-4-13-30(36)34-25-27(21-23-38(34)43)28-22-24-39-35(26-28)31-14-5-8-18-37(31)44(39)40-19-10-16-33-32-15-6-9-20-41(32)45-42(33)40;1-2-10-29(11-3-1)43-37-15-7-4-12-31(37)34-24-27(18-21-39(34)43)28-19-22-40-35(25-28)32-13-5-8-16-38(32)44(40)30-20-23-42-36(26-30)33-14-6-9-17-41(33)45-42/h1-32H;2*1-26H. The molecule has 9 heterocycles. The van der Waals surface area contributed by atoms with Crippen molar-refractivity contribution >= 4 is 186 Å². The molecule has 0 aliphatic heterocycles. The lowest BCUT2D eigenvalue weighted by Crippen LogP contribution is -1.98. The quantitative estimate of drug-likeness (QED) is 0.129. The molecule has 31 rings (SSSR count). The molecule has 144 heavy (non-hydrogen) atoms. The maximum atomic E-state index is 6.49. The Kier molecular flexibility index (Phi) is 18.8. The first-order valence-corrected chi connectivity index (χ1v) is 49.1. The minimum absolute atomic E-state index is 0.724. The molecule has 0 saturated heterocycles. The molecule has 9 aromatic heterocycles. The minimum Gasteiger partial charge on any atom is -0.456 e. The third-order valence-corrected chi connectivity index (χ3v) is 29.3. The van der Waals surface area contributed by atoms with Crippen LogP contribution in [0, 0.1) is 0 Å². The fraction of sp³-hybridized carbons (Fsp3) is 0. The summed E-state index contributed by atoms with van der Waals surface area (Å²) in [4.78, 5) is 10.2. The first-order valence-electron chi connectivity index (χ1n) is 49.1. The number of para-hydroxylation sites is 12. The van der Waals surface area contributed by atoms with Crippen molar-refractivity contribution in [3.05, 3.63) is 510 Å². The van der Waals surface area contributed by atoms with E-state index < -0.39 is 0 Å². The maximum absolute atomic E-state index is 6.49. The second-order valence-corrected chi connectivity index (χ2v) is 37.4. The highest BCUT2D eigenvalue weighted by Crippen LogP contribution is 2.47. The Morgan fingerprint density at radius 3 is 0.812 bits per heavy atom. The smallest absolute Gasteiger partial charge is 0.160 e. The summed E-state index contributed by atoms with van der Waals surface area (Å²) in [7, 11) is 0. The molecule has 0 radical (unpaired) electrons. The molecule has 0 unspecified atom stereocenters. The zero-order chi connectivity index (χ0) is 94.6. The van der Waals surface area contributed by atoms with Gasteiger partial charge in [0.15, 0.2) is 11.4 Å². The SMILES string of the molecule is c1ccc(-c2nc(-c3ccccc3)c3cc(-n4c5ccccc5c5cc(-c6ccc7c(c6)c6ccccc6n7-c6ccccc6)ccc54)ccc3n2)cc1.c1ccc(-n2c3ccccc3c3cc(-c4ccc5c(c4)c4ccccc4n5-c4ccc5oc6ccccc6c5c4)ccc32)cc1.c1ccc(-n2c3ccccc3c3cc(-c4ccc5c(c4)c4ccccc4n5-c4cccc5c4oc4ccccc45)ccc32)cc1. The van der Waals surface area contributed by atoms with Gasteiger partial charge in [-0.05, 0) is 234 Å². The largest absolute Gasteiger partial charge is 0.456 e. The summed E-state index contributed by atoms with van der Waals surface area (Å²) < 4.78 is 26.8. The number of hydrogen-bond acceptors (Lipinski definition) is 4. The summed E-state index contributed by atoms with van der Waals surface area (Å²) in [5.41, 5.74) is 35.8. The van der Waals surface area contributed by atoms with E-state index in [1.165, 1.54) is 165 Å². The lowest BCUT2D eigenvalue weighted by molar-refractivity contribution is 0.666. The van der Waals surface area contributed by atoms with Gasteiger partial charge in [-0.15, -0.1) is 0 Å². The summed E-state index contributed by atoms with van der Waals surface area (Å²) in [6.07, 6.45) is 0. The Hall–Kier alpha value is -19.4. The van der Waals surface area contributed by atoms with E-state index in [2.05, 4.69) is 488 Å². The molecule has 0 bridgehead atoms. The van der Waals surface area contributed by atoms with Gasteiger partial charge in [0.25, 0.3) is 0 Å². The molecule has 0 spiro atoms. The monoisotopic (exact) mass is 1840 g/mol. The van der Waals surface area contributed by atoms with Gasteiger partial charge >= 0.3 is 0 Å². The van der Waals surface area contributed by atoms with Crippen LogP contribution >= 0.6 is 0 Å². The van der Waals surface area contributed by atoms with Crippen LogP contribution in [0.1, 0.15) is 0 Å². The number of nitrogens with zero attached hydrogens (tertiary/aromatic N) is 8. The molecule has 22 aromatic carbocycles. The molecule has 10 heteroatoms. The van der Waals surface area contributed by atoms with Crippen LogP contribution in [0.15, 0.2) is 518 Å². The van der Waals surface area contributed by atoms with Crippen molar-refractivity contribution in [3.8, 4) is 90.2 Å². The molecule has 0 atom stereocenters. The van der Waals surface area contributed by atoms with E-state index >= 15 is 0 Å². The van der Waals surface area contributed by atoms with Gasteiger partial charge in [0, 0.05) is 131 Å². The molecule has 10 nitrogen and oxygen atoms in total. The van der Waals surface area contributed by atoms with Crippen molar-refractivity contribution in [1.82, 2.24) is 37.4 Å². The van der Waals surface area contributed by atoms with Gasteiger partial charge in [-0.25, -0.2) is 9.97 Å². The Bertz CT molecular complexity index is 10600. The van der Waals surface area contributed by atoms with Crippen molar-refractivity contribution in [2.24, 2.45) is 0 Å². The molecular formula is C134H84N8O2. The molecule has 0 N–H and O–H groups in total. The maximum Gasteiger partial charge on any atom is 0.160 e. The zero-order valence-corrected chi connectivity index (χ0v) is 77.9. The predicted molar refractivity (Wildman–Crippen MR) is 600 cm³/mol. The van der Waals surface area contributed by atoms with Crippen molar-refractivity contribution in [2.75, 3.05) is 0 Å². The number of hydrogen-bond donors (Lipinski definition) is 0. The van der Waals surface area contributed by atoms with Crippen molar-refractivity contribution in [2.45, 2.75) is 0 Å². The zero-order valence-electron chi connectivity index (χ0n) is 77.9. The number of furan rings is 2. The summed E-state index contributed by atoms with van der Waals surface area (Å²) in [5, 5.41) is 20.5. The normalized spacial score (nSPS) is 11.9. The fourth-order valence-electron chi connectivity index (χ4n) is 22.8. The van der Waals surface area contributed by atoms with E-state index in [0.29, 0.717) is 0 Å². The molecule has 0 saturated carbocycles. The van der Waals surface area contributed by atoms with Crippen LogP contribution < -0.4 is 0 Å². The van der Waals surface area contributed by atoms with Crippen LogP contribution in [0.2, 0.25) is 0 Å². The fourth-order valence-corrected chi connectivity index (χ4v) is 22.8. The minimum atomic E-state index is 0.724. The van der Waals surface area contributed by atoms with E-state index in [4.69, 9.17) is 18.8 Å². The van der Waals surface area contributed by atoms with Crippen LogP contribution in [0.4, 0.5) is 0 Å². The molecule has 0 aliphatic carbocycles. The molecule has 0 aliphatic rings. The van der Waals surface area contributed by atoms with Gasteiger partial charge in [-0.1, -0.05) is 309 Å². The van der Waals surface area contributed by atoms with Crippen LogP contribution in [-0.2, 0) is 0 Å². The van der Waals surface area contributed by atoms with Gasteiger partial charge in [0.1, 0.15) is 16.7 Å². The number of benzene rings is 22. The lowest BCUT2D eigenvalue weighted by atomic mass is 10.0. The van der Waals surface area contributed by atoms with Gasteiger partial charge in [-0.2, -0.15) is 0 Å². The molecule has 31 aromatic rings. The third kappa shape index (κ3) is 13.2. The van der Waals surface area contributed by atoms with Crippen molar-refractivity contribution in [1.29, 1.82) is 0 Å². The lowest BCUT2D eigenvalue weighted by Gasteiger charge is -2.13. The van der Waals surface area contributed by atoms with Crippen LogP contribution in [-0.4, -0.2) is 37.4 Å². The van der Waals surface area contributed by atoms with Gasteiger partial charge in [0.05, 0.1) is 83.1 Å². The predicted octanol–water partition coefficient (Wildman–Crippen LogP) is 35.7. The summed E-state index contributed by atoms with van der Waals surface area (Å²) >= 11 is 0. The highest BCUT2D eigenvalue weighted by Gasteiger charge is 2.25. The average Bonchev–Trinajstić information content (AvgIpc) is 1.58. The first-order chi connectivity index (χ1) is 71.4. The Morgan fingerprint density at radius 1 is 0.146 bits per heavy atom. The Balaban J connectivity index is 0.000000103. The summed E-state index contributed by atoms with van der Waals surface area (Å²) in [5.74, 6) is 0.724. The van der Waals surface area contributed by atoms with Crippen molar-refractivity contribution < 1.29 is 8.83 Å². The van der Waals surface area contributed by atoms with Crippen LogP contribution in [0.25, 0.3) is 276 Å². The van der Waals surface area contributed by atoms with Crippen molar-refractivity contribution in [3.63, 3.8) is 0 Å². The topological polar surface area (TPSA) is 81.6 Å². The van der Waals surface area contributed by atoms with E-state index in [1.807, 2.05) is 48.5 Å². The Labute approximate surface area is 825 Å². The molecule has 672 valence electrons. The highest BCUT2D eigenvalue weighted by molar-refractivity contribution is 6.19. The Morgan fingerprint density at radius 2 is 0.424 bits per heavy atom. The summed E-state index contributed by atoms with van der Waals surface area (Å²) in [6, 6.07) is 182. The first kappa shape index (κ1) is 81.7. The summed E-state index contributed by atoms with van der Waals surface area (Å²) in [6.45, 7) is 0. The van der Waals surface area contributed by atoms with Crippen LogP contribution in [0.3, 0.4) is 0 Å². The average molecular weight is 1840 g/mol. The van der Waals surface area contributed by atoms with Crippen LogP contribution in [0.5, 0.6) is 0 Å². The van der Waals surface area contributed by atoms with E-state index in [-0.39, 0.29) is 0 Å². The molecule has 0 amide bonds.